The van der Waals surface area contributed by atoms with E-state index in [2.05, 4.69) is 5.32 Å². The second kappa shape index (κ2) is 9.26. The van der Waals surface area contributed by atoms with E-state index in [-0.39, 0.29) is 34.5 Å². The number of benzene rings is 2. The van der Waals surface area contributed by atoms with E-state index in [0.717, 1.165) is 12.1 Å². The van der Waals surface area contributed by atoms with Crippen LogP contribution in [0.3, 0.4) is 0 Å². The fourth-order valence-electron chi connectivity index (χ4n) is 4.98. The van der Waals surface area contributed by atoms with Gasteiger partial charge in [-0.25, -0.2) is 8.42 Å². The van der Waals surface area contributed by atoms with Crippen molar-refractivity contribution >= 4 is 21.6 Å². The van der Waals surface area contributed by atoms with Crippen molar-refractivity contribution in [2.45, 2.75) is 23.8 Å². The van der Waals surface area contributed by atoms with E-state index in [1.165, 1.54) is 23.5 Å². The molecule has 0 radical (unpaired) electrons. The molecule has 0 saturated carbocycles. The minimum absolute atomic E-state index is 0.0218. The summed E-state index contributed by atoms with van der Waals surface area (Å²) in [5.41, 5.74) is 1.40. The highest BCUT2D eigenvalue weighted by Gasteiger charge is 2.39. The number of pyridine rings is 1. The number of rotatable bonds is 5. The Morgan fingerprint density at radius 3 is 2.42 bits per heavy atom. The SMILES string of the molecule is COc1ccc(S(=O)(=O)N2C[C@@H]3C[C@H](C2)c2ccc(NC(=O)c4ccc(C#N)cc4)c(=O)n2C3)cc1. The van der Waals surface area contributed by atoms with E-state index in [1.807, 2.05) is 6.07 Å². The molecular formula is C26H24N4O5S. The lowest BCUT2D eigenvalue weighted by atomic mass is 9.84. The molecule has 10 heteroatoms. The maximum absolute atomic E-state index is 13.3. The molecule has 3 aromatic rings. The van der Waals surface area contributed by atoms with Gasteiger partial charge < -0.3 is 14.6 Å². The number of carbonyl (C=O) groups excluding carboxylic acids is 1. The molecular weight excluding hydrogens is 480 g/mol. The normalized spacial score (nSPS) is 19.1. The van der Waals surface area contributed by atoms with Crippen LogP contribution in [0.1, 0.15) is 34.0 Å². The topological polar surface area (TPSA) is 122 Å². The molecule has 2 aromatic carbocycles. The Balaban J connectivity index is 1.37. The smallest absolute Gasteiger partial charge is 0.274 e. The molecule has 0 aliphatic carbocycles. The number of hydrogen-bond donors (Lipinski definition) is 1. The van der Waals surface area contributed by atoms with E-state index in [1.54, 1.807) is 53.1 Å². The van der Waals surface area contributed by atoms with Crippen molar-refractivity contribution < 1.29 is 17.9 Å². The Morgan fingerprint density at radius 2 is 1.75 bits per heavy atom. The van der Waals surface area contributed by atoms with E-state index in [9.17, 15) is 18.0 Å². The zero-order chi connectivity index (χ0) is 25.4. The fraction of sp³-hybridized carbons (Fsp3) is 0.269. The number of sulfonamides is 1. The summed E-state index contributed by atoms with van der Waals surface area (Å²) in [5, 5.41) is 11.6. The first-order valence-corrected chi connectivity index (χ1v) is 12.9. The number of ether oxygens (including phenoxy) is 1. The second-order valence-corrected chi connectivity index (χ2v) is 11.0. The summed E-state index contributed by atoms with van der Waals surface area (Å²) in [4.78, 5) is 26.1. The van der Waals surface area contributed by atoms with Crippen LogP contribution in [-0.4, -0.2) is 43.4 Å². The molecule has 0 unspecified atom stereocenters. The first-order valence-electron chi connectivity index (χ1n) is 11.5. The van der Waals surface area contributed by atoms with Gasteiger partial charge in [0.15, 0.2) is 0 Å². The molecule has 36 heavy (non-hydrogen) atoms. The molecule has 1 saturated heterocycles. The monoisotopic (exact) mass is 504 g/mol. The summed E-state index contributed by atoms with van der Waals surface area (Å²) in [7, 11) is -2.16. The van der Waals surface area contributed by atoms with Gasteiger partial charge in [-0.15, -0.1) is 0 Å². The van der Waals surface area contributed by atoms with E-state index in [4.69, 9.17) is 10.00 Å². The van der Waals surface area contributed by atoms with Crippen molar-refractivity contribution in [3.8, 4) is 11.8 Å². The van der Waals surface area contributed by atoms with Crippen LogP contribution >= 0.6 is 0 Å². The minimum Gasteiger partial charge on any atom is -0.497 e. The first kappa shape index (κ1) is 23.8. The van der Waals surface area contributed by atoms with Crippen LogP contribution in [0.4, 0.5) is 5.69 Å². The lowest BCUT2D eigenvalue weighted by Gasteiger charge is -2.42. The van der Waals surface area contributed by atoms with Gasteiger partial charge in [-0.2, -0.15) is 9.57 Å². The lowest BCUT2D eigenvalue weighted by Crippen LogP contribution is -2.49. The number of amides is 1. The van der Waals surface area contributed by atoms with Crippen molar-refractivity contribution in [1.82, 2.24) is 8.87 Å². The number of nitriles is 1. The number of anilines is 1. The number of piperidine rings is 1. The van der Waals surface area contributed by atoms with Crippen molar-refractivity contribution in [1.29, 1.82) is 5.26 Å². The Hall–Kier alpha value is -3.94. The number of methoxy groups -OCH3 is 1. The number of hydrogen-bond acceptors (Lipinski definition) is 6. The molecule has 1 amide bonds. The summed E-state index contributed by atoms with van der Waals surface area (Å²) < 4.78 is 34.9. The number of carbonyl (C=O) groups is 1. The minimum atomic E-state index is -3.69. The van der Waals surface area contributed by atoms with Gasteiger partial charge in [-0.05, 0) is 73.0 Å². The lowest BCUT2D eigenvalue weighted by molar-refractivity contribution is 0.102. The van der Waals surface area contributed by atoms with E-state index >= 15 is 0 Å². The summed E-state index contributed by atoms with van der Waals surface area (Å²) in [5.74, 6) is -0.00213. The molecule has 5 rings (SSSR count). The second-order valence-electron chi connectivity index (χ2n) is 9.03. The summed E-state index contributed by atoms with van der Waals surface area (Å²) in [6.45, 7) is 0.972. The molecule has 9 nitrogen and oxygen atoms in total. The van der Waals surface area contributed by atoms with Crippen LogP contribution in [0, 0.1) is 17.2 Å². The van der Waals surface area contributed by atoms with Gasteiger partial charge >= 0.3 is 0 Å². The zero-order valence-electron chi connectivity index (χ0n) is 19.5. The maximum atomic E-state index is 13.3. The molecule has 184 valence electrons. The average molecular weight is 505 g/mol. The predicted molar refractivity (Wildman–Crippen MR) is 132 cm³/mol. The molecule has 1 N–H and O–H groups in total. The Bertz CT molecular complexity index is 1520. The molecule has 2 aliphatic heterocycles. The van der Waals surface area contributed by atoms with Crippen LogP contribution in [-0.2, 0) is 16.6 Å². The van der Waals surface area contributed by atoms with Crippen molar-refractivity contribution in [3.05, 3.63) is 87.8 Å². The zero-order valence-corrected chi connectivity index (χ0v) is 20.4. The Morgan fingerprint density at radius 1 is 1.03 bits per heavy atom. The summed E-state index contributed by atoms with van der Waals surface area (Å²) in [6, 6.07) is 17.9. The molecule has 1 fully saturated rings. The van der Waals surface area contributed by atoms with E-state index in [0.29, 0.717) is 30.0 Å². The van der Waals surface area contributed by atoms with Crippen molar-refractivity contribution in [2.75, 3.05) is 25.5 Å². The summed E-state index contributed by atoms with van der Waals surface area (Å²) >= 11 is 0. The third-order valence-electron chi connectivity index (χ3n) is 6.79. The van der Waals surface area contributed by atoms with Gasteiger partial charge in [-0.3, -0.25) is 9.59 Å². The molecule has 0 spiro atoms. The highest BCUT2D eigenvalue weighted by molar-refractivity contribution is 7.89. The molecule has 1 aromatic heterocycles. The molecule has 2 bridgehead atoms. The van der Waals surface area contributed by atoms with Crippen LogP contribution < -0.4 is 15.6 Å². The van der Waals surface area contributed by atoms with Crippen LogP contribution in [0.25, 0.3) is 0 Å². The molecule has 2 aliphatic rings. The molecule has 2 atom stereocenters. The fourth-order valence-corrected chi connectivity index (χ4v) is 6.54. The first-order chi connectivity index (χ1) is 17.3. The van der Waals surface area contributed by atoms with Crippen LogP contribution in [0.2, 0.25) is 0 Å². The van der Waals surface area contributed by atoms with Gasteiger partial charge in [0.25, 0.3) is 11.5 Å². The van der Waals surface area contributed by atoms with Crippen molar-refractivity contribution in [2.24, 2.45) is 5.92 Å². The van der Waals surface area contributed by atoms with Gasteiger partial charge in [0, 0.05) is 36.8 Å². The largest absolute Gasteiger partial charge is 0.497 e. The van der Waals surface area contributed by atoms with Crippen molar-refractivity contribution in [3.63, 3.8) is 0 Å². The van der Waals surface area contributed by atoms with Gasteiger partial charge in [0.1, 0.15) is 11.4 Å². The standard InChI is InChI=1S/C26H24N4O5S/c1-35-21-6-8-22(9-7-21)36(33,34)29-14-18-12-20(16-29)24-11-10-23(26(32)30(24)15-18)28-25(31)19-4-2-17(13-27)3-5-19/h2-11,18,20H,12,14-16H2,1H3,(H,28,31)/t18-,20+/m0/s1. The number of aromatic nitrogens is 1. The number of fused-ring (bicyclic) bond motifs is 4. The Kier molecular flexibility index (Phi) is 6.12. The third-order valence-corrected chi connectivity index (χ3v) is 8.64. The average Bonchev–Trinajstić information content (AvgIpc) is 2.90. The molecule has 3 heterocycles. The Labute approximate surface area is 208 Å². The van der Waals surface area contributed by atoms with Crippen LogP contribution in [0.15, 0.2) is 70.4 Å². The van der Waals surface area contributed by atoms with E-state index < -0.39 is 15.9 Å². The third kappa shape index (κ3) is 4.27. The van der Waals surface area contributed by atoms with Crippen LogP contribution in [0.5, 0.6) is 5.75 Å². The van der Waals surface area contributed by atoms with Gasteiger partial charge in [0.05, 0.1) is 23.6 Å². The highest BCUT2D eigenvalue weighted by atomic mass is 32.2. The summed E-state index contributed by atoms with van der Waals surface area (Å²) in [6.07, 6.45) is 0.797. The van der Waals surface area contributed by atoms with Gasteiger partial charge in [0.2, 0.25) is 10.0 Å². The highest BCUT2D eigenvalue weighted by Crippen LogP contribution is 2.37. The number of nitrogens with zero attached hydrogens (tertiary/aromatic N) is 3. The number of nitrogens with one attached hydrogen (secondary N) is 1. The maximum Gasteiger partial charge on any atom is 0.274 e. The predicted octanol–water partition coefficient (Wildman–Crippen LogP) is 2.79. The van der Waals surface area contributed by atoms with Gasteiger partial charge in [-0.1, -0.05) is 0 Å². The quantitative estimate of drug-likeness (QED) is 0.570.